The highest BCUT2D eigenvalue weighted by molar-refractivity contribution is 6.35. The van der Waals surface area contributed by atoms with E-state index in [1.54, 1.807) is 12.3 Å². The van der Waals surface area contributed by atoms with Crippen molar-refractivity contribution >= 4 is 35.0 Å². The summed E-state index contributed by atoms with van der Waals surface area (Å²) in [7, 11) is 0. The van der Waals surface area contributed by atoms with E-state index in [-0.39, 0.29) is 0 Å². The van der Waals surface area contributed by atoms with Crippen molar-refractivity contribution in [2.24, 2.45) is 0 Å². The lowest BCUT2D eigenvalue weighted by Gasteiger charge is -2.16. The molecule has 0 amide bonds. The normalized spacial score (nSPS) is 15.6. The Bertz CT molecular complexity index is 687. The predicted octanol–water partition coefficient (Wildman–Crippen LogP) is 4.97. The molecular weight excluding hydrogens is 357 g/mol. The Morgan fingerprint density at radius 2 is 1.88 bits per heavy atom. The van der Waals surface area contributed by atoms with Gasteiger partial charge in [-0.3, -0.25) is 0 Å². The third-order valence-corrected chi connectivity index (χ3v) is 5.05. The molecule has 0 spiro atoms. The number of nitrogens with one attached hydrogen (secondary N) is 2. The molecule has 1 aromatic carbocycles. The van der Waals surface area contributed by atoms with Crippen molar-refractivity contribution in [3.8, 4) is 0 Å². The summed E-state index contributed by atoms with van der Waals surface area (Å²) in [5, 5.41) is 16.1. The number of benzene rings is 1. The number of aromatic nitrogens is 3. The summed E-state index contributed by atoms with van der Waals surface area (Å²) in [5.74, 6) is 1.32. The Labute approximate surface area is 158 Å². The largest absolute Gasteiger partial charge is 0.366 e. The van der Waals surface area contributed by atoms with Gasteiger partial charge in [-0.1, -0.05) is 55.0 Å². The molecule has 5 nitrogen and oxygen atoms in total. The minimum Gasteiger partial charge on any atom is -0.366 e. The van der Waals surface area contributed by atoms with E-state index in [1.165, 1.54) is 38.5 Å². The Hall–Kier alpha value is -1.59. The highest BCUT2D eigenvalue weighted by Crippen LogP contribution is 2.22. The van der Waals surface area contributed by atoms with Crippen molar-refractivity contribution in [2.75, 3.05) is 17.2 Å². The van der Waals surface area contributed by atoms with Crippen LogP contribution in [0, 0.1) is 0 Å². The van der Waals surface area contributed by atoms with Crippen molar-refractivity contribution in [3.63, 3.8) is 0 Å². The van der Waals surface area contributed by atoms with Crippen LogP contribution in [-0.4, -0.2) is 27.8 Å². The van der Waals surface area contributed by atoms with Crippen LogP contribution in [0.5, 0.6) is 0 Å². The first-order valence-corrected chi connectivity index (χ1v) is 9.60. The average molecular weight is 380 g/mol. The van der Waals surface area contributed by atoms with Gasteiger partial charge in [-0.2, -0.15) is 10.1 Å². The summed E-state index contributed by atoms with van der Waals surface area (Å²) in [6, 6.07) is 6.03. The van der Waals surface area contributed by atoms with Crippen LogP contribution in [-0.2, 0) is 6.42 Å². The zero-order chi connectivity index (χ0) is 17.5. The zero-order valence-corrected chi connectivity index (χ0v) is 15.7. The quantitative estimate of drug-likeness (QED) is 0.693. The molecule has 0 aliphatic heterocycles. The highest BCUT2D eigenvalue weighted by Gasteiger charge is 2.13. The molecule has 0 radical (unpaired) electrons. The first-order valence-electron chi connectivity index (χ1n) is 8.85. The zero-order valence-electron chi connectivity index (χ0n) is 14.1. The fraction of sp³-hybridized carbons (Fsp3) is 0.500. The van der Waals surface area contributed by atoms with Crippen molar-refractivity contribution in [3.05, 3.63) is 40.0 Å². The summed E-state index contributed by atoms with van der Waals surface area (Å²) in [5.41, 5.74) is 1.04. The molecule has 0 atom stereocenters. The molecule has 1 aliphatic rings. The van der Waals surface area contributed by atoms with E-state index >= 15 is 0 Å². The monoisotopic (exact) mass is 379 g/mol. The van der Waals surface area contributed by atoms with Crippen LogP contribution < -0.4 is 10.6 Å². The van der Waals surface area contributed by atoms with Crippen molar-refractivity contribution in [1.29, 1.82) is 0 Å². The average Bonchev–Trinajstić information content (AvgIpc) is 2.86. The molecule has 7 heteroatoms. The van der Waals surface area contributed by atoms with Gasteiger partial charge in [0.25, 0.3) is 0 Å². The molecule has 0 bridgehead atoms. The second kappa shape index (κ2) is 9.20. The fourth-order valence-corrected chi connectivity index (χ4v) is 3.62. The second-order valence-electron chi connectivity index (χ2n) is 6.41. The van der Waals surface area contributed by atoms with Crippen LogP contribution in [0.15, 0.2) is 24.4 Å². The minimum absolute atomic E-state index is 0.486. The highest BCUT2D eigenvalue weighted by atomic mass is 35.5. The molecule has 2 N–H and O–H groups in total. The van der Waals surface area contributed by atoms with Gasteiger partial charge >= 0.3 is 0 Å². The second-order valence-corrected chi connectivity index (χ2v) is 7.25. The van der Waals surface area contributed by atoms with E-state index in [9.17, 15) is 0 Å². The van der Waals surface area contributed by atoms with Gasteiger partial charge in [0.2, 0.25) is 5.95 Å². The first kappa shape index (κ1) is 18.2. The van der Waals surface area contributed by atoms with Crippen LogP contribution in [0.1, 0.15) is 44.1 Å². The van der Waals surface area contributed by atoms with Gasteiger partial charge in [-0.15, -0.1) is 5.10 Å². The van der Waals surface area contributed by atoms with E-state index < -0.39 is 0 Å². The topological polar surface area (TPSA) is 62.7 Å². The number of rotatable bonds is 6. The molecule has 3 rings (SSSR count). The summed E-state index contributed by atoms with van der Waals surface area (Å²) >= 11 is 12.1. The Kier molecular flexibility index (Phi) is 6.70. The molecule has 0 unspecified atom stereocenters. The maximum absolute atomic E-state index is 6.19. The molecule has 1 fully saturated rings. The smallest absolute Gasteiger partial charge is 0.244 e. The molecule has 1 aromatic heterocycles. The van der Waals surface area contributed by atoms with Crippen molar-refractivity contribution in [1.82, 2.24) is 15.2 Å². The van der Waals surface area contributed by atoms with Crippen LogP contribution in [0.2, 0.25) is 10.0 Å². The van der Waals surface area contributed by atoms with Crippen molar-refractivity contribution in [2.45, 2.75) is 51.0 Å². The number of nitrogens with zero attached hydrogens (tertiary/aromatic N) is 3. The molecule has 25 heavy (non-hydrogen) atoms. The van der Waals surface area contributed by atoms with Gasteiger partial charge in [0.05, 0.1) is 6.20 Å². The van der Waals surface area contributed by atoms with E-state index in [0.717, 1.165) is 17.8 Å². The standard InChI is InChI=1S/C18H23Cl2N5/c19-14-8-7-13(16(20)11-14)9-10-21-18-24-17(12-22-25-18)23-15-5-3-1-2-4-6-15/h7-8,11-12,15H,1-6,9-10H2,(H2,21,23,24,25). The van der Waals surface area contributed by atoms with Gasteiger partial charge in [-0.05, 0) is 37.0 Å². The van der Waals surface area contributed by atoms with Crippen LogP contribution >= 0.6 is 23.2 Å². The summed E-state index contributed by atoms with van der Waals surface area (Å²) in [6.07, 6.45) is 10.1. The number of hydrogen-bond donors (Lipinski definition) is 2. The van der Waals surface area contributed by atoms with Gasteiger partial charge < -0.3 is 10.6 Å². The van der Waals surface area contributed by atoms with Crippen LogP contribution in [0.25, 0.3) is 0 Å². The van der Waals surface area contributed by atoms with E-state index in [1.807, 2.05) is 12.1 Å². The molecule has 0 saturated heterocycles. The third-order valence-electron chi connectivity index (χ3n) is 4.46. The van der Waals surface area contributed by atoms with Crippen molar-refractivity contribution < 1.29 is 0 Å². The van der Waals surface area contributed by atoms with E-state index in [4.69, 9.17) is 23.2 Å². The maximum Gasteiger partial charge on any atom is 0.244 e. The number of halogens is 2. The Morgan fingerprint density at radius 3 is 2.64 bits per heavy atom. The minimum atomic E-state index is 0.486. The molecular formula is C18H23Cl2N5. The van der Waals surface area contributed by atoms with Gasteiger partial charge in [0, 0.05) is 22.6 Å². The first-order chi connectivity index (χ1) is 12.2. The lowest BCUT2D eigenvalue weighted by Crippen LogP contribution is -2.20. The van der Waals surface area contributed by atoms with Gasteiger partial charge in [0.1, 0.15) is 0 Å². The fourth-order valence-electron chi connectivity index (χ4n) is 3.11. The lowest BCUT2D eigenvalue weighted by molar-refractivity contribution is 0.616. The van der Waals surface area contributed by atoms with E-state index in [2.05, 4.69) is 25.8 Å². The van der Waals surface area contributed by atoms with Crippen LogP contribution in [0.4, 0.5) is 11.8 Å². The van der Waals surface area contributed by atoms with E-state index in [0.29, 0.717) is 28.6 Å². The maximum atomic E-state index is 6.19. The predicted molar refractivity (Wildman–Crippen MR) is 104 cm³/mol. The van der Waals surface area contributed by atoms with Crippen LogP contribution in [0.3, 0.4) is 0 Å². The molecule has 2 aromatic rings. The molecule has 1 heterocycles. The molecule has 1 aliphatic carbocycles. The third kappa shape index (κ3) is 5.72. The lowest BCUT2D eigenvalue weighted by atomic mass is 10.1. The Balaban J connectivity index is 1.52. The molecule has 1 saturated carbocycles. The number of anilines is 2. The van der Waals surface area contributed by atoms with Gasteiger partial charge in [-0.25, -0.2) is 0 Å². The Morgan fingerprint density at radius 1 is 1.08 bits per heavy atom. The van der Waals surface area contributed by atoms with Gasteiger partial charge in [0.15, 0.2) is 5.82 Å². The summed E-state index contributed by atoms with van der Waals surface area (Å²) in [6.45, 7) is 0.677. The SMILES string of the molecule is Clc1ccc(CCNc2nncc(NC3CCCCCC3)n2)c(Cl)c1. The summed E-state index contributed by atoms with van der Waals surface area (Å²) < 4.78 is 0. The summed E-state index contributed by atoms with van der Waals surface area (Å²) in [4.78, 5) is 4.52. The molecule has 134 valence electrons. The number of hydrogen-bond acceptors (Lipinski definition) is 5.